The van der Waals surface area contributed by atoms with Crippen molar-refractivity contribution in [3.63, 3.8) is 0 Å². The summed E-state index contributed by atoms with van der Waals surface area (Å²) in [5, 5.41) is 0. The van der Waals surface area contributed by atoms with Crippen LogP contribution in [0.15, 0.2) is 18.6 Å². The number of carbonyl (C=O) groups is 1. The fourth-order valence-electron chi connectivity index (χ4n) is 2.00. The molecule has 1 aromatic rings. The fraction of sp³-hybridized carbons (Fsp3) is 0.643. The van der Waals surface area contributed by atoms with Crippen molar-refractivity contribution in [1.82, 2.24) is 14.9 Å². The van der Waals surface area contributed by atoms with Crippen LogP contribution < -0.4 is 34.3 Å². The van der Waals surface area contributed by atoms with Gasteiger partial charge in [0.2, 0.25) is 5.88 Å². The molecular formula is C14H22N3NaO4. The molecule has 8 heteroatoms. The summed E-state index contributed by atoms with van der Waals surface area (Å²) in [5.74, 6) is 0.531. The van der Waals surface area contributed by atoms with Crippen molar-refractivity contribution in [1.29, 1.82) is 0 Å². The number of hydrogen-bond donors (Lipinski definition) is 0. The Kier molecular flexibility index (Phi) is 8.92. The van der Waals surface area contributed by atoms with E-state index in [1.54, 1.807) is 23.5 Å². The number of ether oxygens (including phenoxy) is 2. The molecule has 2 heterocycles. The molecule has 22 heavy (non-hydrogen) atoms. The average Bonchev–Trinajstić information content (AvgIpc) is 2.39. The first kappa shape index (κ1) is 21.1. The summed E-state index contributed by atoms with van der Waals surface area (Å²) in [6.07, 6.45) is 6.18. The monoisotopic (exact) mass is 319 g/mol. The Bertz CT molecular complexity index is 445. The van der Waals surface area contributed by atoms with E-state index in [4.69, 9.17) is 9.47 Å². The summed E-state index contributed by atoms with van der Waals surface area (Å²) >= 11 is 0. The van der Waals surface area contributed by atoms with Crippen LogP contribution in [-0.4, -0.2) is 51.2 Å². The third-order valence-corrected chi connectivity index (χ3v) is 2.92. The summed E-state index contributed by atoms with van der Waals surface area (Å²) < 4.78 is 11.1. The van der Waals surface area contributed by atoms with Crippen molar-refractivity contribution in [2.45, 2.75) is 45.3 Å². The average molecular weight is 319 g/mol. The van der Waals surface area contributed by atoms with E-state index in [2.05, 4.69) is 9.97 Å². The van der Waals surface area contributed by atoms with Crippen molar-refractivity contribution in [2.24, 2.45) is 0 Å². The zero-order chi connectivity index (χ0) is 14.6. The maximum absolute atomic E-state index is 11.9. The topological polar surface area (TPSA) is 94.5 Å². The van der Waals surface area contributed by atoms with Crippen LogP contribution in [0.4, 0.5) is 4.79 Å². The van der Waals surface area contributed by atoms with Crippen LogP contribution in [-0.2, 0) is 4.74 Å². The van der Waals surface area contributed by atoms with E-state index in [-0.39, 0.29) is 47.2 Å². The summed E-state index contributed by atoms with van der Waals surface area (Å²) in [6.45, 7) is 6.89. The standard InChI is InChI=1S/C14H21N3O3.Na.H2O/c1-14(2,3)20-13(18)17-8-4-11(5-9-17)19-12-10-15-6-7-16-12;;/h6-7,10-11H,4-5,8-9H2,1-3H3;;1H2/q;+1;/p-1. The van der Waals surface area contributed by atoms with Crippen molar-refractivity contribution in [2.75, 3.05) is 13.1 Å². The molecule has 1 aliphatic heterocycles. The third-order valence-electron chi connectivity index (χ3n) is 2.92. The maximum Gasteiger partial charge on any atom is 1.00 e. The van der Waals surface area contributed by atoms with E-state index < -0.39 is 5.60 Å². The van der Waals surface area contributed by atoms with E-state index in [0.29, 0.717) is 19.0 Å². The van der Waals surface area contributed by atoms with E-state index in [1.165, 1.54) is 0 Å². The quantitative estimate of drug-likeness (QED) is 0.655. The molecular weight excluding hydrogens is 297 g/mol. The number of nitrogens with zero attached hydrogens (tertiary/aromatic N) is 3. The summed E-state index contributed by atoms with van der Waals surface area (Å²) in [5.41, 5.74) is -0.454. The van der Waals surface area contributed by atoms with Crippen molar-refractivity contribution in [3.05, 3.63) is 18.6 Å². The number of carbonyl (C=O) groups excluding carboxylic acids is 1. The number of amides is 1. The van der Waals surface area contributed by atoms with Crippen molar-refractivity contribution < 1.29 is 49.3 Å². The molecule has 1 saturated heterocycles. The number of aromatic nitrogens is 2. The summed E-state index contributed by atoms with van der Waals surface area (Å²) in [6, 6.07) is 0. The Labute approximate surface area is 153 Å². The molecule has 2 rings (SSSR count). The van der Waals surface area contributed by atoms with Gasteiger partial charge in [0.15, 0.2) is 0 Å². The summed E-state index contributed by atoms with van der Waals surface area (Å²) in [7, 11) is 0. The van der Waals surface area contributed by atoms with Crippen LogP contribution >= 0.6 is 0 Å². The second-order valence-electron chi connectivity index (χ2n) is 5.83. The van der Waals surface area contributed by atoms with Gasteiger partial charge < -0.3 is 19.8 Å². The molecule has 0 aromatic carbocycles. The molecule has 1 aliphatic rings. The molecule has 0 radical (unpaired) electrons. The molecule has 0 unspecified atom stereocenters. The van der Waals surface area contributed by atoms with Crippen LogP contribution in [0.1, 0.15) is 33.6 Å². The minimum atomic E-state index is -0.454. The molecule has 1 amide bonds. The van der Waals surface area contributed by atoms with Crippen molar-refractivity contribution in [3.8, 4) is 5.88 Å². The van der Waals surface area contributed by atoms with Crippen LogP contribution in [0.25, 0.3) is 0 Å². The number of rotatable bonds is 2. The Balaban J connectivity index is 0.00000220. The van der Waals surface area contributed by atoms with Gasteiger partial charge in [0.1, 0.15) is 11.7 Å². The second kappa shape index (κ2) is 9.29. The SMILES string of the molecule is CC(C)(C)OC(=O)N1CCC(Oc2cnccn2)CC1.[Na+].[OH-]. The Morgan fingerprint density at radius 3 is 2.41 bits per heavy atom. The molecule has 0 bridgehead atoms. The maximum atomic E-state index is 11.9. The van der Waals surface area contributed by atoms with Crippen LogP contribution in [0.3, 0.4) is 0 Å². The first-order valence-corrected chi connectivity index (χ1v) is 6.84. The van der Waals surface area contributed by atoms with E-state index in [1.807, 2.05) is 20.8 Å². The van der Waals surface area contributed by atoms with E-state index in [0.717, 1.165) is 12.8 Å². The van der Waals surface area contributed by atoms with Gasteiger partial charge in [-0.1, -0.05) is 0 Å². The molecule has 7 nitrogen and oxygen atoms in total. The normalized spacial score (nSPS) is 15.3. The molecule has 1 fully saturated rings. The summed E-state index contributed by atoms with van der Waals surface area (Å²) in [4.78, 5) is 21.7. The minimum Gasteiger partial charge on any atom is -0.870 e. The molecule has 0 spiro atoms. The molecule has 1 aromatic heterocycles. The molecule has 0 aliphatic carbocycles. The third kappa shape index (κ3) is 6.91. The van der Waals surface area contributed by atoms with Gasteiger partial charge in [-0.3, -0.25) is 4.98 Å². The smallest absolute Gasteiger partial charge is 0.870 e. The van der Waals surface area contributed by atoms with Gasteiger partial charge in [-0.25, -0.2) is 9.78 Å². The van der Waals surface area contributed by atoms with Crippen LogP contribution in [0.2, 0.25) is 0 Å². The van der Waals surface area contributed by atoms with Gasteiger partial charge in [0.05, 0.1) is 6.20 Å². The van der Waals surface area contributed by atoms with E-state index in [9.17, 15) is 4.79 Å². The number of piperidine rings is 1. The van der Waals surface area contributed by atoms with Crippen LogP contribution in [0, 0.1) is 0 Å². The molecule has 118 valence electrons. The number of hydrogen-bond acceptors (Lipinski definition) is 6. The first-order valence-electron chi connectivity index (χ1n) is 6.84. The van der Waals surface area contributed by atoms with Gasteiger partial charge in [0, 0.05) is 38.3 Å². The molecule has 0 saturated carbocycles. The Morgan fingerprint density at radius 1 is 1.27 bits per heavy atom. The zero-order valence-corrected chi connectivity index (χ0v) is 15.7. The fourth-order valence-corrected chi connectivity index (χ4v) is 2.00. The Hall–Kier alpha value is -0.890. The van der Waals surface area contributed by atoms with Gasteiger partial charge >= 0.3 is 35.7 Å². The minimum absolute atomic E-state index is 0. The largest absolute Gasteiger partial charge is 1.00 e. The second-order valence-corrected chi connectivity index (χ2v) is 5.83. The van der Waals surface area contributed by atoms with E-state index >= 15 is 0 Å². The van der Waals surface area contributed by atoms with Gasteiger partial charge in [-0.15, -0.1) is 0 Å². The van der Waals surface area contributed by atoms with Crippen LogP contribution in [0.5, 0.6) is 5.88 Å². The predicted molar refractivity (Wildman–Crippen MR) is 75.4 cm³/mol. The molecule has 0 atom stereocenters. The van der Waals surface area contributed by atoms with Crippen molar-refractivity contribution >= 4 is 6.09 Å². The first-order chi connectivity index (χ1) is 9.44. The van der Waals surface area contributed by atoms with Gasteiger partial charge in [-0.2, -0.15) is 0 Å². The number of likely N-dealkylation sites (tertiary alicyclic amines) is 1. The Morgan fingerprint density at radius 2 is 1.91 bits per heavy atom. The molecule has 1 N–H and O–H groups in total. The van der Waals surface area contributed by atoms with Gasteiger partial charge in [-0.05, 0) is 20.8 Å². The zero-order valence-electron chi connectivity index (χ0n) is 13.7. The van der Waals surface area contributed by atoms with Gasteiger partial charge in [0.25, 0.3) is 0 Å². The predicted octanol–water partition coefficient (Wildman–Crippen LogP) is -0.918.